The van der Waals surface area contributed by atoms with E-state index >= 15 is 0 Å². The van der Waals surface area contributed by atoms with Gasteiger partial charge in [-0.1, -0.05) is 29.8 Å². The summed E-state index contributed by atoms with van der Waals surface area (Å²) < 4.78 is 5.74. The van der Waals surface area contributed by atoms with Crippen molar-refractivity contribution in [2.45, 2.75) is 39.8 Å². The molecule has 1 heterocycles. The molecule has 1 aliphatic heterocycles. The summed E-state index contributed by atoms with van der Waals surface area (Å²) in [7, 11) is 0. The molecule has 0 bridgehead atoms. The lowest BCUT2D eigenvalue weighted by Gasteiger charge is -2.26. The molecule has 3 aromatic rings. The van der Waals surface area contributed by atoms with Crippen LogP contribution in [-0.4, -0.2) is 22.9 Å². The summed E-state index contributed by atoms with van der Waals surface area (Å²) in [6.45, 7) is 7.60. The highest BCUT2D eigenvalue weighted by Gasteiger charge is 2.47. The molecule has 0 spiro atoms. The van der Waals surface area contributed by atoms with Gasteiger partial charge in [-0.15, -0.1) is 0 Å². The van der Waals surface area contributed by atoms with Crippen LogP contribution in [0.3, 0.4) is 0 Å². The van der Waals surface area contributed by atoms with Gasteiger partial charge in [-0.25, -0.2) is 0 Å². The number of carbonyl (C=O) groups is 2. The number of aliphatic hydroxyl groups excluding tert-OH is 1. The van der Waals surface area contributed by atoms with Crippen LogP contribution in [-0.2, 0) is 9.59 Å². The molecule has 6 nitrogen and oxygen atoms in total. The fourth-order valence-electron chi connectivity index (χ4n) is 4.25. The Balaban J connectivity index is 1.92. The quantitative estimate of drug-likeness (QED) is 0.301. The number of carbonyl (C=O) groups excluding carboxylic acids is 2. The normalized spacial score (nSPS) is 17.0. The molecule has 35 heavy (non-hydrogen) atoms. The minimum atomic E-state index is -0.851. The fraction of sp³-hybridized carbons (Fsp3) is 0.207. The van der Waals surface area contributed by atoms with E-state index in [2.05, 4.69) is 6.07 Å². The molecule has 1 atom stereocenters. The number of ketones is 1. The minimum Gasteiger partial charge on any atom is -0.507 e. The minimum absolute atomic E-state index is 0.00516. The third-order valence-corrected chi connectivity index (χ3v) is 5.93. The van der Waals surface area contributed by atoms with E-state index in [1.807, 2.05) is 39.8 Å². The van der Waals surface area contributed by atoms with Gasteiger partial charge in [-0.05, 0) is 81.3 Å². The van der Waals surface area contributed by atoms with Crippen molar-refractivity contribution in [2.24, 2.45) is 0 Å². The number of Topliss-reactive ketones (excluding diaryl/α,β-unsaturated/α-hetero) is 1. The molecule has 1 aliphatic rings. The van der Waals surface area contributed by atoms with Crippen molar-refractivity contribution in [2.75, 3.05) is 4.90 Å². The Morgan fingerprint density at radius 1 is 1.00 bits per heavy atom. The van der Waals surface area contributed by atoms with Crippen molar-refractivity contribution < 1.29 is 19.4 Å². The van der Waals surface area contributed by atoms with Gasteiger partial charge in [0.05, 0.1) is 29.4 Å². The molecule has 1 N–H and O–H groups in total. The summed E-state index contributed by atoms with van der Waals surface area (Å²) in [5.74, 6) is -1.06. The molecular weight excluding hydrogens is 440 g/mol. The highest BCUT2D eigenvalue weighted by atomic mass is 16.5. The van der Waals surface area contributed by atoms with Crippen molar-refractivity contribution in [3.05, 3.63) is 100 Å². The van der Waals surface area contributed by atoms with Crippen LogP contribution in [0.5, 0.6) is 5.75 Å². The number of amides is 1. The van der Waals surface area contributed by atoms with E-state index in [9.17, 15) is 14.7 Å². The maximum absolute atomic E-state index is 13.3. The molecule has 1 fully saturated rings. The average molecular weight is 467 g/mol. The van der Waals surface area contributed by atoms with E-state index in [1.54, 1.807) is 54.6 Å². The third-order valence-electron chi connectivity index (χ3n) is 5.93. The first-order valence-electron chi connectivity index (χ1n) is 11.4. The highest BCUT2D eigenvalue weighted by molar-refractivity contribution is 6.51. The number of anilines is 1. The Labute approximate surface area is 204 Å². The highest BCUT2D eigenvalue weighted by Crippen LogP contribution is 2.43. The van der Waals surface area contributed by atoms with Gasteiger partial charge in [-0.2, -0.15) is 5.26 Å². The van der Waals surface area contributed by atoms with Crippen molar-refractivity contribution >= 4 is 23.1 Å². The molecule has 3 aromatic carbocycles. The number of aliphatic hydroxyl groups is 1. The third kappa shape index (κ3) is 4.53. The van der Waals surface area contributed by atoms with Gasteiger partial charge in [0, 0.05) is 11.3 Å². The monoisotopic (exact) mass is 466 g/mol. The Morgan fingerprint density at radius 3 is 2.26 bits per heavy atom. The van der Waals surface area contributed by atoms with E-state index in [4.69, 9.17) is 10.00 Å². The molecular formula is C29H26N2O4. The molecule has 1 amide bonds. The second-order valence-electron chi connectivity index (χ2n) is 8.88. The van der Waals surface area contributed by atoms with E-state index in [0.717, 1.165) is 11.1 Å². The number of aryl methyl sites for hydroxylation is 2. The summed E-state index contributed by atoms with van der Waals surface area (Å²) in [6.07, 6.45) is -0.00516. The average Bonchev–Trinajstić information content (AvgIpc) is 3.10. The van der Waals surface area contributed by atoms with Crippen LogP contribution in [0.4, 0.5) is 5.69 Å². The summed E-state index contributed by atoms with van der Waals surface area (Å²) in [6, 6.07) is 20.4. The van der Waals surface area contributed by atoms with Crippen LogP contribution >= 0.6 is 0 Å². The van der Waals surface area contributed by atoms with Crippen LogP contribution in [0.15, 0.2) is 72.3 Å². The Hall–Kier alpha value is -4.37. The van der Waals surface area contributed by atoms with Crippen molar-refractivity contribution in [3.8, 4) is 11.8 Å². The molecule has 176 valence electrons. The number of benzene rings is 3. The van der Waals surface area contributed by atoms with Crippen LogP contribution in [0, 0.1) is 25.2 Å². The molecule has 6 heteroatoms. The second-order valence-corrected chi connectivity index (χ2v) is 8.88. The van der Waals surface area contributed by atoms with E-state index in [-0.39, 0.29) is 17.4 Å². The summed E-state index contributed by atoms with van der Waals surface area (Å²) in [5, 5.41) is 20.5. The lowest BCUT2D eigenvalue weighted by molar-refractivity contribution is -0.132. The number of hydrogen-bond acceptors (Lipinski definition) is 5. The number of rotatable bonds is 5. The maximum atomic E-state index is 13.3. The molecule has 0 aromatic heterocycles. The zero-order valence-corrected chi connectivity index (χ0v) is 20.1. The number of nitriles is 1. The van der Waals surface area contributed by atoms with Crippen LogP contribution in [0.2, 0.25) is 0 Å². The largest absolute Gasteiger partial charge is 0.507 e. The van der Waals surface area contributed by atoms with E-state index in [0.29, 0.717) is 28.1 Å². The van der Waals surface area contributed by atoms with Gasteiger partial charge in [-0.3, -0.25) is 14.5 Å². The standard InChI is InChI=1S/C29H26N2O4/c1-17(2)35-23-13-9-21(10-14-23)26-25(27(32)24-15-18(3)5-6-19(24)4)28(33)29(34)31(26)22-11-7-20(16-30)8-12-22/h5-15,17,26,32H,1-4H3/b27-25+. The van der Waals surface area contributed by atoms with Crippen LogP contribution in [0.25, 0.3) is 5.76 Å². The number of hydrogen-bond donors (Lipinski definition) is 1. The van der Waals surface area contributed by atoms with E-state index < -0.39 is 17.7 Å². The first-order valence-corrected chi connectivity index (χ1v) is 11.4. The lowest BCUT2D eigenvalue weighted by atomic mass is 9.93. The molecule has 0 radical (unpaired) electrons. The number of nitrogens with zero attached hydrogens (tertiary/aromatic N) is 2. The lowest BCUT2D eigenvalue weighted by Crippen LogP contribution is -2.29. The van der Waals surface area contributed by atoms with Crippen LogP contribution < -0.4 is 9.64 Å². The first kappa shape index (κ1) is 23.8. The zero-order valence-electron chi connectivity index (χ0n) is 20.1. The molecule has 0 saturated carbocycles. The second kappa shape index (κ2) is 9.47. The zero-order chi connectivity index (χ0) is 25.3. The smallest absolute Gasteiger partial charge is 0.300 e. The van der Waals surface area contributed by atoms with Crippen molar-refractivity contribution in [1.29, 1.82) is 5.26 Å². The van der Waals surface area contributed by atoms with Gasteiger partial charge in [0.2, 0.25) is 0 Å². The first-order chi connectivity index (χ1) is 16.7. The molecule has 1 unspecified atom stereocenters. The van der Waals surface area contributed by atoms with Crippen LogP contribution in [0.1, 0.15) is 47.7 Å². The van der Waals surface area contributed by atoms with Gasteiger partial charge < -0.3 is 9.84 Å². The Morgan fingerprint density at radius 2 is 1.66 bits per heavy atom. The Bertz CT molecular complexity index is 1360. The predicted molar refractivity (Wildman–Crippen MR) is 134 cm³/mol. The summed E-state index contributed by atoms with van der Waals surface area (Å²) >= 11 is 0. The van der Waals surface area contributed by atoms with E-state index in [1.165, 1.54) is 4.90 Å². The summed E-state index contributed by atoms with van der Waals surface area (Å²) in [5.41, 5.74) is 3.78. The number of ether oxygens (including phenoxy) is 1. The van der Waals surface area contributed by atoms with Crippen molar-refractivity contribution in [3.63, 3.8) is 0 Å². The fourth-order valence-corrected chi connectivity index (χ4v) is 4.25. The van der Waals surface area contributed by atoms with Crippen molar-refractivity contribution in [1.82, 2.24) is 0 Å². The molecule has 1 saturated heterocycles. The van der Waals surface area contributed by atoms with Gasteiger partial charge in [0.1, 0.15) is 11.5 Å². The molecule has 4 rings (SSSR count). The SMILES string of the molecule is Cc1ccc(C)c(/C(O)=C2\C(=O)C(=O)N(c3ccc(C#N)cc3)C2c2ccc(OC(C)C)cc2)c1. The summed E-state index contributed by atoms with van der Waals surface area (Å²) in [4.78, 5) is 28.0. The Kier molecular flexibility index (Phi) is 6.44. The maximum Gasteiger partial charge on any atom is 0.300 e. The predicted octanol–water partition coefficient (Wildman–Crippen LogP) is 5.59. The van der Waals surface area contributed by atoms with Gasteiger partial charge >= 0.3 is 0 Å². The van der Waals surface area contributed by atoms with Gasteiger partial charge in [0.15, 0.2) is 0 Å². The topological polar surface area (TPSA) is 90.6 Å². The van der Waals surface area contributed by atoms with Gasteiger partial charge in [0.25, 0.3) is 11.7 Å². The molecule has 0 aliphatic carbocycles.